The summed E-state index contributed by atoms with van der Waals surface area (Å²) in [5.74, 6) is 0. The lowest BCUT2D eigenvalue weighted by molar-refractivity contribution is -0.114. The van der Waals surface area contributed by atoms with Crippen LogP contribution in [0, 0.1) is 0 Å². The molecule has 3 aromatic rings. The third-order valence-corrected chi connectivity index (χ3v) is 9.34. The van der Waals surface area contributed by atoms with Crippen LogP contribution in [0.25, 0.3) is 0 Å². The molecular weight excluding hydrogens is 515 g/mol. The molecule has 1 aliphatic heterocycles. The Bertz CT molecular complexity index is 1220. The van der Waals surface area contributed by atoms with Crippen LogP contribution in [0.15, 0.2) is 70.5 Å². The Kier molecular flexibility index (Phi) is 8.30. The van der Waals surface area contributed by atoms with E-state index in [1.807, 2.05) is 11.0 Å². The molecule has 2 atom stereocenters. The molecule has 2 aromatic heterocycles. The number of rotatable bonds is 10. The van der Waals surface area contributed by atoms with Crippen LogP contribution in [-0.4, -0.2) is 68.2 Å². The molecule has 1 saturated heterocycles. The Labute approximate surface area is 211 Å². The molecule has 1 aromatic carbocycles. The number of hydrogen-bond acceptors (Lipinski definition) is 7. The molecule has 1 N–H and O–H groups in total. The molecule has 1 fully saturated rings. The number of pyridine rings is 1. The van der Waals surface area contributed by atoms with E-state index < -0.39 is 28.7 Å². The van der Waals surface area contributed by atoms with Crippen LogP contribution in [0.3, 0.4) is 0 Å². The molecule has 0 amide bonds. The number of nitrogens with zero attached hydrogens (tertiary/aromatic N) is 3. The topological polar surface area (TPSA) is 83.0 Å². The van der Waals surface area contributed by atoms with Crippen LogP contribution >= 0.6 is 11.3 Å². The second-order valence-electron chi connectivity index (χ2n) is 8.42. The van der Waals surface area contributed by atoms with Crippen LogP contribution in [0.2, 0.25) is 0 Å². The van der Waals surface area contributed by atoms with Gasteiger partial charge in [0, 0.05) is 37.7 Å². The zero-order valence-electron chi connectivity index (χ0n) is 19.2. The Hall–Kier alpha value is -2.51. The molecule has 0 bridgehead atoms. The highest BCUT2D eigenvalue weighted by Gasteiger charge is 2.40. The highest BCUT2D eigenvalue weighted by atomic mass is 32.2. The van der Waals surface area contributed by atoms with Crippen molar-refractivity contribution in [2.45, 2.75) is 28.9 Å². The van der Waals surface area contributed by atoms with Crippen LogP contribution < -0.4 is 4.90 Å². The second kappa shape index (κ2) is 11.3. The van der Waals surface area contributed by atoms with Gasteiger partial charge in [0.15, 0.2) is 5.60 Å². The van der Waals surface area contributed by atoms with Gasteiger partial charge in [-0.1, -0.05) is 24.3 Å². The Morgan fingerprint density at radius 3 is 2.56 bits per heavy atom. The summed E-state index contributed by atoms with van der Waals surface area (Å²) in [4.78, 5) is 5.99. The first-order valence-electron chi connectivity index (χ1n) is 11.2. The molecule has 1 aliphatic rings. The number of hydrogen-bond donors (Lipinski definition) is 1. The smallest absolute Gasteiger partial charge is 0.273 e. The molecule has 36 heavy (non-hydrogen) atoms. The predicted octanol–water partition coefficient (Wildman–Crippen LogP) is 3.66. The van der Waals surface area contributed by atoms with Gasteiger partial charge in [-0.2, -0.15) is 4.31 Å². The monoisotopic (exact) mass is 541 g/mol. The molecule has 7 nitrogen and oxygen atoms in total. The first-order chi connectivity index (χ1) is 17.3. The number of benzene rings is 1. The van der Waals surface area contributed by atoms with Crippen molar-refractivity contribution < 1.29 is 31.4 Å². The summed E-state index contributed by atoms with van der Waals surface area (Å²) in [6.45, 7) is -0.445. The highest BCUT2D eigenvalue weighted by molar-refractivity contribution is 7.91. The fourth-order valence-corrected chi connectivity index (χ4v) is 6.68. The summed E-state index contributed by atoms with van der Waals surface area (Å²) in [5.41, 5.74) is -1.62. The summed E-state index contributed by atoms with van der Waals surface area (Å²) in [7, 11) is -3.67. The first-order valence-corrected chi connectivity index (χ1v) is 13.5. The number of halogens is 3. The van der Waals surface area contributed by atoms with Gasteiger partial charge >= 0.3 is 0 Å². The highest BCUT2D eigenvalue weighted by Crippen LogP contribution is 2.32. The van der Waals surface area contributed by atoms with Crippen molar-refractivity contribution >= 4 is 27.0 Å². The molecule has 4 rings (SSSR count). The number of alkyl halides is 3. The number of aromatic nitrogens is 1. The van der Waals surface area contributed by atoms with Crippen molar-refractivity contribution in [1.82, 2.24) is 9.29 Å². The minimum atomic E-state index is -3.67. The van der Waals surface area contributed by atoms with Crippen LogP contribution in [-0.2, 0) is 27.0 Å². The van der Waals surface area contributed by atoms with Gasteiger partial charge < -0.3 is 14.7 Å². The molecule has 12 heteroatoms. The van der Waals surface area contributed by atoms with Crippen LogP contribution in [0.1, 0.15) is 11.1 Å². The second-order valence-corrected chi connectivity index (χ2v) is 11.5. The number of thiophene rings is 1. The summed E-state index contributed by atoms with van der Waals surface area (Å²) in [6.07, 6.45) is 0.0504. The molecule has 194 valence electrons. The maximum absolute atomic E-state index is 13.3. The molecule has 0 spiro atoms. The standard InChI is InChI=1S/C24H26F3N3O4S2/c25-17-24(31,23(26)27)19-5-7-20(8-6-19)30-11-10-29(36(32,33)22-4-2-12-35-22)14-21(30)16-34-15-18-3-1-9-28-13-18/h1-9,12-13,21,23,31H,10-11,14-17H2. The molecule has 0 saturated carbocycles. The van der Waals surface area contributed by atoms with Crippen molar-refractivity contribution in [1.29, 1.82) is 0 Å². The predicted molar refractivity (Wildman–Crippen MR) is 130 cm³/mol. The fourth-order valence-electron chi connectivity index (χ4n) is 4.06. The zero-order valence-corrected chi connectivity index (χ0v) is 20.8. The van der Waals surface area contributed by atoms with Gasteiger partial charge in [-0.05, 0) is 40.8 Å². The molecule has 2 unspecified atom stereocenters. The summed E-state index contributed by atoms with van der Waals surface area (Å²) in [5, 5.41) is 11.7. The quantitative estimate of drug-likeness (QED) is 0.422. The van der Waals surface area contributed by atoms with E-state index >= 15 is 0 Å². The van der Waals surface area contributed by atoms with Crippen LogP contribution in [0.4, 0.5) is 18.9 Å². The van der Waals surface area contributed by atoms with Gasteiger partial charge in [0.05, 0.1) is 19.3 Å². The zero-order chi connectivity index (χ0) is 25.8. The third kappa shape index (κ3) is 5.57. The van der Waals surface area contributed by atoms with E-state index in [1.54, 1.807) is 36.0 Å². The number of aliphatic hydroxyl groups is 1. The van der Waals surface area contributed by atoms with Gasteiger partial charge in [0.1, 0.15) is 10.9 Å². The van der Waals surface area contributed by atoms with E-state index in [0.717, 1.165) is 16.9 Å². The summed E-state index contributed by atoms with van der Waals surface area (Å²) >= 11 is 1.15. The number of piperazine rings is 1. The first kappa shape index (κ1) is 26.6. The minimum absolute atomic E-state index is 0.153. The third-order valence-electron chi connectivity index (χ3n) is 6.10. The van der Waals surface area contributed by atoms with E-state index in [2.05, 4.69) is 4.98 Å². The molecule has 0 radical (unpaired) electrons. The van der Waals surface area contributed by atoms with Crippen LogP contribution in [0.5, 0.6) is 0 Å². The molecule has 3 heterocycles. The minimum Gasteiger partial charge on any atom is -0.377 e. The average molecular weight is 542 g/mol. The van der Waals surface area contributed by atoms with Crippen molar-refractivity contribution in [2.75, 3.05) is 37.8 Å². The lowest BCUT2D eigenvalue weighted by Crippen LogP contribution is -2.56. The lowest BCUT2D eigenvalue weighted by Gasteiger charge is -2.42. The van der Waals surface area contributed by atoms with Gasteiger partial charge in [-0.25, -0.2) is 21.6 Å². The van der Waals surface area contributed by atoms with E-state index in [0.29, 0.717) is 12.2 Å². The van der Waals surface area contributed by atoms with E-state index in [9.17, 15) is 26.7 Å². The fraction of sp³-hybridized carbons (Fsp3) is 0.375. The van der Waals surface area contributed by atoms with Gasteiger partial charge in [0.2, 0.25) is 0 Å². The normalized spacial score (nSPS) is 18.9. The van der Waals surface area contributed by atoms with Crippen molar-refractivity contribution in [3.8, 4) is 0 Å². The van der Waals surface area contributed by atoms with Crippen molar-refractivity contribution in [3.63, 3.8) is 0 Å². The Balaban J connectivity index is 1.55. The lowest BCUT2D eigenvalue weighted by atomic mass is 9.95. The summed E-state index contributed by atoms with van der Waals surface area (Å²) < 4.78 is 73.5. The van der Waals surface area contributed by atoms with Crippen molar-refractivity contribution in [2.24, 2.45) is 0 Å². The maximum Gasteiger partial charge on any atom is 0.273 e. The van der Waals surface area contributed by atoms with Crippen molar-refractivity contribution in [3.05, 3.63) is 77.4 Å². The van der Waals surface area contributed by atoms with Gasteiger partial charge in [-0.3, -0.25) is 4.98 Å². The van der Waals surface area contributed by atoms with Gasteiger partial charge in [0.25, 0.3) is 16.4 Å². The Morgan fingerprint density at radius 2 is 1.94 bits per heavy atom. The van der Waals surface area contributed by atoms with E-state index in [-0.39, 0.29) is 42.1 Å². The van der Waals surface area contributed by atoms with E-state index in [4.69, 9.17) is 4.74 Å². The number of ether oxygens (including phenoxy) is 1. The largest absolute Gasteiger partial charge is 0.377 e. The van der Waals surface area contributed by atoms with E-state index in [1.165, 1.54) is 28.6 Å². The maximum atomic E-state index is 13.3. The SMILES string of the molecule is O=S(=O)(c1cccs1)N1CCN(c2ccc(C(O)(CF)C(F)F)cc2)C(COCc2cccnc2)C1. The number of sulfonamides is 1. The molecular formula is C24H26F3N3O4S2. The van der Waals surface area contributed by atoms with Gasteiger partial charge in [-0.15, -0.1) is 11.3 Å². The number of anilines is 1. The molecule has 0 aliphatic carbocycles. The average Bonchev–Trinajstić information content (AvgIpc) is 3.45. The summed E-state index contributed by atoms with van der Waals surface area (Å²) in [6, 6.07) is 12.1. The Morgan fingerprint density at radius 1 is 1.17 bits per heavy atom.